The van der Waals surface area contributed by atoms with Gasteiger partial charge in [-0.25, -0.2) is 0 Å². The number of amides is 1. The first-order valence-corrected chi connectivity index (χ1v) is 10.8. The van der Waals surface area contributed by atoms with Crippen LogP contribution in [0.2, 0.25) is 0 Å². The van der Waals surface area contributed by atoms with Gasteiger partial charge in [0, 0.05) is 7.11 Å². The van der Waals surface area contributed by atoms with E-state index in [2.05, 4.69) is 0 Å². The summed E-state index contributed by atoms with van der Waals surface area (Å²) in [7, 11) is 4.83. The van der Waals surface area contributed by atoms with E-state index in [1.165, 1.54) is 19.1 Å². The molecule has 1 aliphatic heterocycles. The molecule has 1 rings (SSSR count). The van der Waals surface area contributed by atoms with Gasteiger partial charge in [-0.15, -0.1) is 0 Å². The number of hydrogen-bond acceptors (Lipinski definition) is 6. The Bertz CT molecular complexity index is 657. The number of carboxylic acid groups (broad SMARTS) is 1. The second-order valence-corrected chi connectivity index (χ2v) is 9.29. The SMILES string of the molecule is CC[C@H](C)[C@@](C(=O)O)([C@@H](C)OC)N(C)[C@@](C(N)=O)(C(=O)[C@]1(C)CCCN1C)C(C)C. The van der Waals surface area contributed by atoms with Gasteiger partial charge in [-0.1, -0.05) is 34.1 Å². The minimum atomic E-state index is -1.82. The zero-order chi connectivity index (χ0) is 23.7. The molecule has 0 aromatic rings. The van der Waals surface area contributed by atoms with Gasteiger partial charge < -0.3 is 15.6 Å². The maximum atomic E-state index is 14.2. The van der Waals surface area contributed by atoms with Crippen LogP contribution in [0.15, 0.2) is 0 Å². The Morgan fingerprint density at radius 2 is 1.80 bits per heavy atom. The molecule has 5 atom stereocenters. The van der Waals surface area contributed by atoms with E-state index in [0.717, 1.165) is 13.0 Å². The lowest BCUT2D eigenvalue weighted by Gasteiger charge is -2.55. The fraction of sp³-hybridized carbons (Fsp3) is 0.864. The molecule has 1 heterocycles. The lowest BCUT2D eigenvalue weighted by atomic mass is 9.67. The molecule has 0 spiro atoms. The minimum absolute atomic E-state index is 0.350. The van der Waals surface area contributed by atoms with Crippen molar-refractivity contribution in [2.24, 2.45) is 17.6 Å². The number of nitrogens with two attached hydrogens (primary N) is 1. The Balaban J connectivity index is 3.93. The van der Waals surface area contributed by atoms with E-state index < -0.39 is 46.4 Å². The van der Waals surface area contributed by atoms with Crippen molar-refractivity contribution in [3.63, 3.8) is 0 Å². The smallest absolute Gasteiger partial charge is 0.327 e. The molecule has 3 N–H and O–H groups in total. The molecule has 0 bridgehead atoms. The normalized spacial score (nSPS) is 26.2. The first kappa shape index (κ1) is 26.5. The first-order valence-electron chi connectivity index (χ1n) is 10.8. The molecule has 8 heteroatoms. The van der Waals surface area contributed by atoms with Crippen molar-refractivity contribution in [1.29, 1.82) is 0 Å². The summed E-state index contributed by atoms with van der Waals surface area (Å²) in [5, 5.41) is 10.5. The van der Waals surface area contributed by atoms with Crippen molar-refractivity contribution >= 4 is 17.7 Å². The predicted octanol–water partition coefficient (Wildman–Crippen LogP) is 1.76. The zero-order valence-electron chi connectivity index (χ0n) is 20.1. The minimum Gasteiger partial charge on any atom is -0.480 e. The summed E-state index contributed by atoms with van der Waals surface area (Å²) in [5.41, 5.74) is 1.61. The van der Waals surface area contributed by atoms with Crippen LogP contribution in [-0.2, 0) is 19.1 Å². The van der Waals surface area contributed by atoms with Crippen LogP contribution in [0.3, 0.4) is 0 Å². The maximum Gasteiger partial charge on any atom is 0.327 e. The molecule has 1 aliphatic rings. The number of carbonyl (C=O) groups excluding carboxylic acids is 2. The summed E-state index contributed by atoms with van der Waals surface area (Å²) in [5.74, 6) is -3.29. The average molecular weight is 428 g/mol. The van der Waals surface area contributed by atoms with Gasteiger partial charge in [-0.2, -0.15) is 0 Å². The fourth-order valence-electron chi connectivity index (χ4n) is 5.47. The fourth-order valence-corrected chi connectivity index (χ4v) is 5.47. The molecule has 0 unspecified atom stereocenters. The van der Waals surface area contributed by atoms with Gasteiger partial charge in [0.25, 0.3) is 0 Å². The van der Waals surface area contributed by atoms with E-state index in [9.17, 15) is 19.5 Å². The van der Waals surface area contributed by atoms with E-state index in [0.29, 0.717) is 12.8 Å². The van der Waals surface area contributed by atoms with Gasteiger partial charge in [-0.05, 0) is 59.2 Å². The number of carboxylic acids is 1. The molecule has 0 aromatic carbocycles. The highest BCUT2D eigenvalue weighted by molar-refractivity contribution is 6.14. The number of ketones is 1. The van der Waals surface area contributed by atoms with Crippen molar-refractivity contribution < 1.29 is 24.2 Å². The monoisotopic (exact) mass is 427 g/mol. The second-order valence-electron chi connectivity index (χ2n) is 9.29. The van der Waals surface area contributed by atoms with Gasteiger partial charge in [0.15, 0.2) is 11.3 Å². The number of Topliss-reactive ketones (excluding diaryl/α,β-unsaturated/α-hetero) is 1. The van der Waals surface area contributed by atoms with E-state index in [-0.39, 0.29) is 5.78 Å². The molecule has 1 fully saturated rings. The summed E-state index contributed by atoms with van der Waals surface area (Å²) >= 11 is 0. The molecule has 0 radical (unpaired) electrons. The van der Waals surface area contributed by atoms with Gasteiger partial charge in [0.1, 0.15) is 5.54 Å². The van der Waals surface area contributed by atoms with Crippen LogP contribution < -0.4 is 5.73 Å². The lowest BCUT2D eigenvalue weighted by molar-refractivity contribution is -0.186. The predicted molar refractivity (Wildman–Crippen MR) is 116 cm³/mol. The molecule has 174 valence electrons. The van der Waals surface area contributed by atoms with Crippen LogP contribution in [0.25, 0.3) is 0 Å². The Kier molecular flexibility index (Phi) is 8.24. The van der Waals surface area contributed by atoms with Crippen LogP contribution in [0.4, 0.5) is 0 Å². The summed E-state index contributed by atoms with van der Waals surface area (Å²) in [6.07, 6.45) is 1.12. The van der Waals surface area contributed by atoms with Crippen LogP contribution in [0.5, 0.6) is 0 Å². The second kappa shape index (κ2) is 9.32. The molecule has 8 nitrogen and oxygen atoms in total. The number of carbonyl (C=O) groups is 3. The number of likely N-dealkylation sites (tertiary alicyclic amines) is 1. The van der Waals surface area contributed by atoms with Crippen LogP contribution in [-0.4, -0.2) is 83.0 Å². The number of hydrogen-bond donors (Lipinski definition) is 2. The highest BCUT2D eigenvalue weighted by Gasteiger charge is 2.66. The van der Waals surface area contributed by atoms with Crippen molar-refractivity contribution in [3.8, 4) is 0 Å². The first-order chi connectivity index (χ1) is 13.7. The van der Waals surface area contributed by atoms with Crippen molar-refractivity contribution in [1.82, 2.24) is 9.80 Å². The standard InChI is InChI=1S/C22H41N3O5/c1-10-15(4)22(19(28)29,16(5)30-9)25(8)21(14(2)3,18(23)27)17(26)20(6)12-11-13-24(20)7/h14-16H,10-13H2,1-9H3,(H2,23,27)(H,28,29)/t15-,16+,20-,21+,22-/m0/s1. The summed E-state index contributed by atoms with van der Waals surface area (Å²) in [4.78, 5) is 43.6. The van der Waals surface area contributed by atoms with Gasteiger partial charge in [0.05, 0.1) is 11.6 Å². The third-order valence-electron chi connectivity index (χ3n) is 7.81. The van der Waals surface area contributed by atoms with Gasteiger partial charge in [0.2, 0.25) is 5.91 Å². The third kappa shape index (κ3) is 3.56. The van der Waals surface area contributed by atoms with E-state index >= 15 is 0 Å². The third-order valence-corrected chi connectivity index (χ3v) is 7.81. The van der Waals surface area contributed by atoms with E-state index in [1.54, 1.807) is 27.7 Å². The van der Waals surface area contributed by atoms with E-state index in [4.69, 9.17) is 10.5 Å². The lowest BCUT2D eigenvalue weighted by Crippen LogP contribution is -2.79. The van der Waals surface area contributed by atoms with Crippen molar-refractivity contribution in [2.75, 3.05) is 27.7 Å². The molecule has 1 amide bonds. The van der Waals surface area contributed by atoms with Crippen LogP contribution in [0, 0.1) is 11.8 Å². The Morgan fingerprint density at radius 1 is 1.27 bits per heavy atom. The number of primary amides is 1. The molecule has 0 aliphatic carbocycles. The maximum absolute atomic E-state index is 14.2. The van der Waals surface area contributed by atoms with Crippen LogP contribution >= 0.6 is 0 Å². The van der Waals surface area contributed by atoms with E-state index in [1.807, 2.05) is 25.8 Å². The number of methoxy groups -OCH3 is 1. The average Bonchev–Trinajstić information content (AvgIpc) is 3.01. The molecular weight excluding hydrogens is 386 g/mol. The summed E-state index contributed by atoms with van der Waals surface area (Å²) in [6, 6.07) is 0. The highest BCUT2D eigenvalue weighted by Crippen LogP contribution is 2.44. The van der Waals surface area contributed by atoms with Gasteiger partial charge in [-0.3, -0.25) is 24.2 Å². The number of rotatable bonds is 11. The molecule has 0 aromatic heterocycles. The highest BCUT2D eigenvalue weighted by atomic mass is 16.5. The topological polar surface area (TPSA) is 113 Å². The molecule has 1 saturated heterocycles. The quantitative estimate of drug-likeness (QED) is 0.483. The Hall–Kier alpha value is -1.51. The Labute approximate surface area is 181 Å². The van der Waals surface area contributed by atoms with Crippen LogP contribution in [0.1, 0.15) is 60.8 Å². The zero-order valence-corrected chi connectivity index (χ0v) is 20.1. The van der Waals surface area contributed by atoms with Crippen molar-refractivity contribution in [2.45, 2.75) is 83.5 Å². The largest absolute Gasteiger partial charge is 0.480 e. The van der Waals surface area contributed by atoms with Gasteiger partial charge >= 0.3 is 5.97 Å². The number of ether oxygens (including phenoxy) is 1. The number of likely N-dealkylation sites (N-methyl/N-ethyl adjacent to an activating group) is 2. The molecular formula is C22H41N3O5. The molecule has 0 saturated carbocycles. The molecule has 30 heavy (non-hydrogen) atoms. The summed E-state index contributed by atoms with van der Waals surface area (Å²) in [6.45, 7) is 11.4. The Morgan fingerprint density at radius 3 is 2.10 bits per heavy atom. The number of aliphatic carboxylic acids is 1. The van der Waals surface area contributed by atoms with Crippen molar-refractivity contribution in [3.05, 3.63) is 0 Å². The summed E-state index contributed by atoms with van der Waals surface area (Å²) < 4.78 is 5.53. The number of nitrogens with zero attached hydrogens (tertiary/aromatic N) is 2.